The number of nitrogens with one attached hydrogen (secondary N) is 2. The molecule has 0 radical (unpaired) electrons. The molecule has 108 valence electrons. The molecular formula is C11H20N4O2S2. The lowest BCUT2D eigenvalue weighted by Crippen LogP contribution is -2.32. The van der Waals surface area contributed by atoms with Gasteiger partial charge in [0.05, 0.1) is 0 Å². The lowest BCUT2D eigenvalue weighted by atomic mass is 10.4. The average Bonchev–Trinajstić information content (AvgIpc) is 2.65. The summed E-state index contributed by atoms with van der Waals surface area (Å²) in [6, 6.07) is 0.226. The van der Waals surface area contributed by atoms with Crippen LogP contribution in [-0.4, -0.2) is 39.2 Å². The van der Waals surface area contributed by atoms with Crippen molar-refractivity contribution in [3.05, 3.63) is 4.88 Å². The van der Waals surface area contributed by atoms with Crippen LogP contribution >= 0.6 is 11.3 Å². The maximum atomic E-state index is 11.9. The molecule has 0 spiro atoms. The Morgan fingerprint density at radius 2 is 2.11 bits per heavy atom. The number of thiazole rings is 1. The zero-order valence-corrected chi connectivity index (χ0v) is 13.2. The predicted octanol–water partition coefficient (Wildman–Crippen LogP) is 1.04. The topological polar surface area (TPSA) is 97.1 Å². The minimum absolute atomic E-state index is 0.0913. The van der Waals surface area contributed by atoms with Gasteiger partial charge in [0.25, 0.3) is 5.91 Å². The molecule has 0 saturated carbocycles. The van der Waals surface area contributed by atoms with Crippen LogP contribution in [-0.2, 0) is 10.8 Å². The van der Waals surface area contributed by atoms with Crippen molar-refractivity contribution >= 4 is 39.0 Å². The number of rotatable bonds is 6. The summed E-state index contributed by atoms with van der Waals surface area (Å²) in [6.07, 6.45) is 1.61. The molecular weight excluding hydrogens is 284 g/mol. The smallest absolute Gasteiger partial charge is 0.265 e. The largest absolute Gasteiger partial charge is 0.382 e. The van der Waals surface area contributed by atoms with Crippen LogP contribution in [0.1, 0.15) is 30.4 Å². The third kappa shape index (κ3) is 4.79. The average molecular weight is 304 g/mol. The summed E-state index contributed by atoms with van der Waals surface area (Å²) in [6.45, 7) is 6.13. The summed E-state index contributed by atoms with van der Waals surface area (Å²) in [5.41, 5.74) is 5.72. The van der Waals surface area contributed by atoms with E-state index in [1.165, 1.54) is 11.3 Å². The molecule has 1 heterocycles. The molecule has 1 rings (SSSR count). The molecule has 19 heavy (non-hydrogen) atoms. The van der Waals surface area contributed by atoms with Gasteiger partial charge in [-0.05, 0) is 20.8 Å². The summed E-state index contributed by atoms with van der Waals surface area (Å²) in [7, 11) is -0.962. The lowest BCUT2D eigenvalue weighted by Gasteiger charge is -2.09. The van der Waals surface area contributed by atoms with Gasteiger partial charge in [0.2, 0.25) is 0 Å². The highest BCUT2D eigenvalue weighted by Crippen LogP contribution is 2.25. The highest BCUT2D eigenvalue weighted by Gasteiger charge is 2.17. The van der Waals surface area contributed by atoms with Gasteiger partial charge in [0.1, 0.15) is 10.7 Å². The van der Waals surface area contributed by atoms with E-state index >= 15 is 0 Å². The van der Waals surface area contributed by atoms with Crippen LogP contribution in [0.25, 0.3) is 0 Å². The first kappa shape index (κ1) is 15.9. The second-order valence-electron chi connectivity index (χ2n) is 4.55. The lowest BCUT2D eigenvalue weighted by molar-refractivity contribution is 0.0959. The van der Waals surface area contributed by atoms with E-state index < -0.39 is 10.8 Å². The van der Waals surface area contributed by atoms with E-state index in [0.717, 1.165) is 0 Å². The van der Waals surface area contributed by atoms with Gasteiger partial charge < -0.3 is 16.4 Å². The number of hydrogen-bond acceptors (Lipinski definition) is 6. The van der Waals surface area contributed by atoms with E-state index in [1.807, 2.05) is 20.8 Å². The SMILES string of the molecule is CC(C)Nc1nc(N)c(C(=O)NCC(C)S(C)=O)s1. The van der Waals surface area contributed by atoms with E-state index in [-0.39, 0.29) is 23.0 Å². The second kappa shape index (κ2) is 6.85. The molecule has 0 saturated heterocycles. The Bertz CT molecular complexity index is 473. The van der Waals surface area contributed by atoms with E-state index in [0.29, 0.717) is 16.6 Å². The van der Waals surface area contributed by atoms with Crippen molar-refractivity contribution in [3.63, 3.8) is 0 Å². The van der Waals surface area contributed by atoms with Crippen LogP contribution < -0.4 is 16.4 Å². The fourth-order valence-corrected chi connectivity index (χ4v) is 2.50. The Morgan fingerprint density at radius 3 is 2.63 bits per heavy atom. The number of carbonyl (C=O) groups excluding carboxylic acids is 1. The van der Waals surface area contributed by atoms with Crippen LogP contribution in [0.3, 0.4) is 0 Å². The van der Waals surface area contributed by atoms with Crippen LogP contribution in [0.2, 0.25) is 0 Å². The summed E-state index contributed by atoms with van der Waals surface area (Å²) in [5.74, 6) is -0.0555. The molecule has 6 nitrogen and oxygen atoms in total. The molecule has 4 N–H and O–H groups in total. The summed E-state index contributed by atoms with van der Waals surface area (Å²) < 4.78 is 11.2. The monoisotopic (exact) mass is 304 g/mol. The Balaban J connectivity index is 2.66. The molecule has 0 fully saturated rings. The molecule has 2 atom stereocenters. The van der Waals surface area contributed by atoms with Crippen LogP contribution in [0.4, 0.5) is 10.9 Å². The van der Waals surface area contributed by atoms with Crippen molar-refractivity contribution in [1.82, 2.24) is 10.3 Å². The van der Waals surface area contributed by atoms with Gasteiger partial charge in [0, 0.05) is 34.9 Å². The quantitative estimate of drug-likeness (QED) is 0.729. The standard InChI is InChI=1S/C11H20N4O2S2/c1-6(2)14-11-15-9(12)8(18-11)10(16)13-5-7(3)19(4)17/h6-7H,5,12H2,1-4H3,(H,13,16)(H,14,15). The van der Waals surface area contributed by atoms with E-state index in [9.17, 15) is 9.00 Å². The van der Waals surface area contributed by atoms with Gasteiger partial charge in [0.15, 0.2) is 5.13 Å². The fourth-order valence-electron chi connectivity index (χ4n) is 1.24. The molecule has 0 aliphatic carbocycles. The number of nitrogen functional groups attached to an aromatic ring is 1. The molecule has 8 heteroatoms. The van der Waals surface area contributed by atoms with Crippen molar-refractivity contribution in [3.8, 4) is 0 Å². The Kier molecular flexibility index (Phi) is 5.74. The van der Waals surface area contributed by atoms with E-state index in [1.54, 1.807) is 6.26 Å². The minimum atomic E-state index is -0.962. The number of amides is 1. The first-order chi connectivity index (χ1) is 8.81. The summed E-state index contributed by atoms with van der Waals surface area (Å²) in [4.78, 5) is 16.4. The third-order valence-corrected chi connectivity index (χ3v) is 4.69. The minimum Gasteiger partial charge on any atom is -0.382 e. The van der Waals surface area contributed by atoms with Gasteiger partial charge in [-0.1, -0.05) is 11.3 Å². The molecule has 1 aromatic heterocycles. The Morgan fingerprint density at radius 1 is 1.47 bits per heavy atom. The van der Waals surface area contributed by atoms with Crippen LogP contribution in [0.15, 0.2) is 0 Å². The first-order valence-electron chi connectivity index (χ1n) is 5.94. The zero-order valence-electron chi connectivity index (χ0n) is 11.5. The summed E-state index contributed by atoms with van der Waals surface area (Å²) >= 11 is 1.22. The van der Waals surface area contributed by atoms with E-state index in [4.69, 9.17) is 5.73 Å². The zero-order chi connectivity index (χ0) is 14.6. The van der Waals surface area contributed by atoms with Gasteiger partial charge in [-0.25, -0.2) is 4.98 Å². The van der Waals surface area contributed by atoms with Crippen molar-refractivity contribution in [2.75, 3.05) is 23.9 Å². The highest BCUT2D eigenvalue weighted by atomic mass is 32.2. The maximum absolute atomic E-state index is 11.9. The summed E-state index contributed by atoms with van der Waals surface area (Å²) in [5, 5.41) is 6.36. The third-order valence-electron chi connectivity index (χ3n) is 2.39. The molecule has 0 aromatic carbocycles. The van der Waals surface area contributed by atoms with Gasteiger partial charge in [-0.2, -0.15) is 0 Å². The van der Waals surface area contributed by atoms with Crippen LogP contribution in [0.5, 0.6) is 0 Å². The van der Waals surface area contributed by atoms with Gasteiger partial charge in [-0.3, -0.25) is 9.00 Å². The molecule has 0 aliphatic rings. The Labute approximate surface area is 119 Å². The van der Waals surface area contributed by atoms with Crippen molar-refractivity contribution in [1.29, 1.82) is 0 Å². The van der Waals surface area contributed by atoms with E-state index in [2.05, 4.69) is 15.6 Å². The first-order valence-corrected chi connectivity index (χ1v) is 8.38. The Hall–Kier alpha value is -1.15. The van der Waals surface area contributed by atoms with Gasteiger partial charge in [-0.15, -0.1) is 0 Å². The molecule has 1 aromatic rings. The fraction of sp³-hybridized carbons (Fsp3) is 0.636. The number of anilines is 2. The van der Waals surface area contributed by atoms with Gasteiger partial charge >= 0.3 is 0 Å². The second-order valence-corrected chi connectivity index (χ2v) is 7.35. The van der Waals surface area contributed by atoms with Crippen LogP contribution in [0, 0.1) is 0 Å². The molecule has 1 amide bonds. The number of nitrogens with two attached hydrogens (primary N) is 1. The highest BCUT2D eigenvalue weighted by molar-refractivity contribution is 7.84. The number of aromatic nitrogens is 1. The van der Waals surface area contributed by atoms with Crippen molar-refractivity contribution < 1.29 is 9.00 Å². The molecule has 0 aliphatic heterocycles. The van der Waals surface area contributed by atoms with Crippen molar-refractivity contribution in [2.45, 2.75) is 32.1 Å². The molecule has 2 unspecified atom stereocenters. The van der Waals surface area contributed by atoms with Crippen molar-refractivity contribution in [2.24, 2.45) is 0 Å². The number of carbonyl (C=O) groups is 1. The normalized spacial score (nSPS) is 14.2. The number of hydrogen-bond donors (Lipinski definition) is 3. The maximum Gasteiger partial charge on any atom is 0.265 e. The number of nitrogens with zero attached hydrogens (tertiary/aromatic N) is 1. The molecule has 0 bridgehead atoms. The predicted molar refractivity (Wildman–Crippen MR) is 81.1 cm³/mol.